The van der Waals surface area contributed by atoms with Crippen molar-refractivity contribution in [2.75, 3.05) is 0 Å². The lowest BCUT2D eigenvalue weighted by Crippen LogP contribution is -1.93. The van der Waals surface area contributed by atoms with E-state index < -0.39 is 0 Å². The van der Waals surface area contributed by atoms with Crippen LogP contribution in [0.15, 0.2) is 279 Å². The SMILES string of the molecule is C#Cc1ccc(C#C)cc1.C#Cc1ccccc1.CCc1ccc(-c2ccc(-c3ccc(CC)cc3-c3ccc(-c4cc(-c5ccc(-c6cc(CC)ccc6-c6ccccc6)cc5)cc(-c5cc(CC)ccc5-c5ccccc5)c4)cc3)cc2)c(CC)c1. The maximum absolute atomic E-state index is 5.14. The fraction of sp³-hybridized carbons (Fsp3) is 0.114. The van der Waals surface area contributed by atoms with Gasteiger partial charge in [0.15, 0.2) is 0 Å². The van der Waals surface area contributed by atoms with Gasteiger partial charge in [-0.3, -0.25) is 0 Å². The molecule has 0 amide bonds. The van der Waals surface area contributed by atoms with E-state index in [0.717, 1.165) is 48.8 Å². The first-order valence-electron chi connectivity index (χ1n) is 30.9. The number of benzene rings is 12. The molecular formula is C88H74. The number of hydrogen-bond donors (Lipinski definition) is 0. The molecule has 0 spiro atoms. The highest BCUT2D eigenvalue weighted by Crippen LogP contribution is 2.42. The lowest BCUT2D eigenvalue weighted by atomic mass is 9.87. The van der Waals surface area contributed by atoms with E-state index in [2.05, 4.69) is 277 Å². The maximum Gasteiger partial charge on any atom is 0.0243 e. The van der Waals surface area contributed by atoms with E-state index in [0.29, 0.717) is 0 Å². The standard InChI is InChI=1S/C70H62.C10H6.C8H6/c1-6-48-21-37-64(52(10-5)41-48)57-33-35-58(36-34-57)67-40-24-50(8-3)43-69(67)60-31-27-54(28-32-60)62-45-61(46-63(47-62)70-44-51(9-4)23-39-66(70)56-19-15-12-16-20-56)53-25-29-59(30-26-53)68-42-49(7-2)22-38-65(68)55-17-13-11-14-18-55;1-3-9-5-7-10(4-2)8-6-9;1-2-8-6-4-3-5-7-8/h11-47H,6-10H2,1-5H3;1-2,5-8H;1,3-7H. The second-order valence-corrected chi connectivity index (χ2v) is 22.0. The van der Waals surface area contributed by atoms with Crippen molar-refractivity contribution >= 4 is 0 Å². The summed E-state index contributed by atoms with van der Waals surface area (Å²) in [6, 6.07) is 101. The second-order valence-electron chi connectivity index (χ2n) is 22.0. The molecule has 0 saturated heterocycles. The molecule has 12 aromatic carbocycles. The molecule has 0 nitrogen and oxygen atoms in total. The average molecular weight is 1130 g/mol. The minimum atomic E-state index is 0.860. The molecule has 12 aromatic rings. The smallest absolute Gasteiger partial charge is 0.0243 e. The summed E-state index contributed by atoms with van der Waals surface area (Å²) in [6.45, 7) is 11.2. The summed E-state index contributed by atoms with van der Waals surface area (Å²) in [4.78, 5) is 0. The number of hydrogen-bond acceptors (Lipinski definition) is 0. The van der Waals surface area contributed by atoms with Crippen molar-refractivity contribution in [2.24, 2.45) is 0 Å². The molecule has 0 aromatic heterocycles. The van der Waals surface area contributed by atoms with Crippen LogP contribution in [-0.2, 0) is 32.1 Å². The summed E-state index contributed by atoms with van der Waals surface area (Å²) < 4.78 is 0. The molecule has 0 aliphatic carbocycles. The fourth-order valence-corrected chi connectivity index (χ4v) is 11.4. The van der Waals surface area contributed by atoms with E-state index in [1.54, 1.807) is 0 Å². The quantitative estimate of drug-likeness (QED) is 0.0952. The highest BCUT2D eigenvalue weighted by Gasteiger charge is 2.16. The first-order valence-corrected chi connectivity index (χ1v) is 30.9. The molecule has 0 bridgehead atoms. The Hall–Kier alpha value is -10.7. The van der Waals surface area contributed by atoms with Gasteiger partial charge in [0.1, 0.15) is 0 Å². The molecular weight excluding hydrogens is 1060 g/mol. The molecule has 0 N–H and O–H groups in total. The van der Waals surface area contributed by atoms with E-state index in [1.165, 1.54) is 128 Å². The Labute approximate surface area is 524 Å². The molecule has 0 saturated carbocycles. The minimum absolute atomic E-state index is 0.860. The third-order valence-corrected chi connectivity index (χ3v) is 16.6. The fourth-order valence-electron chi connectivity index (χ4n) is 11.4. The van der Waals surface area contributed by atoms with Crippen LogP contribution >= 0.6 is 0 Å². The van der Waals surface area contributed by atoms with Gasteiger partial charge in [0.2, 0.25) is 0 Å². The van der Waals surface area contributed by atoms with Gasteiger partial charge >= 0.3 is 0 Å². The van der Waals surface area contributed by atoms with Crippen molar-refractivity contribution in [2.45, 2.75) is 66.7 Å². The van der Waals surface area contributed by atoms with Gasteiger partial charge in [0.25, 0.3) is 0 Å². The van der Waals surface area contributed by atoms with Gasteiger partial charge in [0, 0.05) is 16.7 Å². The molecule has 0 radical (unpaired) electrons. The summed E-state index contributed by atoms with van der Waals surface area (Å²) in [5, 5.41) is 0. The van der Waals surface area contributed by atoms with Crippen LogP contribution in [0.3, 0.4) is 0 Å². The first kappa shape index (κ1) is 60.4. The van der Waals surface area contributed by atoms with E-state index in [4.69, 9.17) is 19.3 Å². The normalized spacial score (nSPS) is 10.5. The largest absolute Gasteiger partial charge is 0.115 e. The van der Waals surface area contributed by atoms with Crippen LogP contribution in [0.5, 0.6) is 0 Å². The van der Waals surface area contributed by atoms with Gasteiger partial charge in [-0.25, -0.2) is 0 Å². The zero-order chi connectivity index (χ0) is 61.2. The monoisotopic (exact) mass is 1130 g/mol. The third kappa shape index (κ3) is 14.5. The van der Waals surface area contributed by atoms with Crippen LogP contribution in [-0.4, -0.2) is 0 Å². The van der Waals surface area contributed by atoms with Gasteiger partial charge in [-0.15, -0.1) is 19.3 Å². The molecule has 0 aliphatic rings. The van der Waals surface area contributed by atoms with Gasteiger partial charge in [-0.05, 0) is 215 Å². The highest BCUT2D eigenvalue weighted by molar-refractivity contribution is 5.91. The zero-order valence-electron chi connectivity index (χ0n) is 51.3. The molecule has 0 aliphatic heterocycles. The van der Waals surface area contributed by atoms with Gasteiger partial charge < -0.3 is 0 Å². The van der Waals surface area contributed by atoms with Crippen LogP contribution in [0, 0.1) is 37.0 Å². The van der Waals surface area contributed by atoms with Crippen molar-refractivity contribution in [3.63, 3.8) is 0 Å². The summed E-state index contributed by atoms with van der Waals surface area (Å²) in [5.74, 6) is 7.55. The summed E-state index contributed by atoms with van der Waals surface area (Å²) in [7, 11) is 0. The molecule has 0 heterocycles. The molecule has 426 valence electrons. The van der Waals surface area contributed by atoms with Crippen molar-refractivity contribution < 1.29 is 0 Å². The molecule has 0 atom stereocenters. The molecule has 0 fully saturated rings. The lowest BCUT2D eigenvalue weighted by Gasteiger charge is -2.17. The third-order valence-electron chi connectivity index (χ3n) is 16.6. The molecule has 88 heavy (non-hydrogen) atoms. The van der Waals surface area contributed by atoms with Gasteiger partial charge in [-0.1, -0.05) is 277 Å². The number of aryl methyl sites for hydroxylation is 5. The van der Waals surface area contributed by atoms with Gasteiger partial charge in [0.05, 0.1) is 0 Å². The summed E-state index contributed by atoms with van der Waals surface area (Å²) in [6.07, 6.45) is 20.4. The highest BCUT2D eigenvalue weighted by atomic mass is 14.2. The Kier molecular flexibility index (Phi) is 20.2. The topological polar surface area (TPSA) is 0 Å². The Balaban J connectivity index is 0.000000407. The summed E-state index contributed by atoms with van der Waals surface area (Å²) >= 11 is 0. The maximum atomic E-state index is 5.14. The van der Waals surface area contributed by atoms with Crippen LogP contribution in [0.25, 0.3) is 100 Å². The van der Waals surface area contributed by atoms with Crippen LogP contribution < -0.4 is 0 Å². The predicted molar refractivity (Wildman–Crippen MR) is 379 cm³/mol. The van der Waals surface area contributed by atoms with Crippen LogP contribution in [0.2, 0.25) is 0 Å². The Morgan fingerprint density at radius 2 is 0.477 bits per heavy atom. The van der Waals surface area contributed by atoms with E-state index >= 15 is 0 Å². The summed E-state index contributed by atoms with van der Waals surface area (Å²) in [5.41, 5.74) is 31.7. The molecule has 0 heteroatoms. The van der Waals surface area contributed by atoms with Crippen molar-refractivity contribution in [1.29, 1.82) is 0 Å². The van der Waals surface area contributed by atoms with Crippen molar-refractivity contribution in [3.8, 4) is 137 Å². The minimum Gasteiger partial charge on any atom is -0.115 e. The van der Waals surface area contributed by atoms with E-state index in [9.17, 15) is 0 Å². The predicted octanol–water partition coefficient (Wildman–Crippen LogP) is 22.8. The zero-order valence-corrected chi connectivity index (χ0v) is 51.3. The molecule has 12 rings (SSSR count). The Bertz CT molecular complexity index is 4370. The average Bonchev–Trinajstić information content (AvgIpc) is 1.29. The lowest BCUT2D eigenvalue weighted by molar-refractivity contribution is 1.09. The van der Waals surface area contributed by atoms with Crippen LogP contribution in [0.4, 0.5) is 0 Å². The van der Waals surface area contributed by atoms with Gasteiger partial charge in [-0.2, -0.15) is 0 Å². The Morgan fingerprint density at radius 3 is 0.818 bits per heavy atom. The first-order chi connectivity index (χ1) is 43.2. The molecule has 0 unspecified atom stereocenters. The van der Waals surface area contributed by atoms with Crippen LogP contribution in [0.1, 0.15) is 79.1 Å². The van der Waals surface area contributed by atoms with Crippen molar-refractivity contribution in [3.05, 3.63) is 324 Å². The second kappa shape index (κ2) is 29.4. The van der Waals surface area contributed by atoms with E-state index in [-0.39, 0.29) is 0 Å². The Morgan fingerprint density at radius 1 is 0.205 bits per heavy atom. The van der Waals surface area contributed by atoms with E-state index in [1.807, 2.05) is 54.6 Å². The van der Waals surface area contributed by atoms with Crippen molar-refractivity contribution in [1.82, 2.24) is 0 Å². The number of rotatable bonds is 14. The number of terminal acetylenes is 3.